The van der Waals surface area contributed by atoms with Crippen LogP contribution in [0, 0.1) is 23.0 Å². The summed E-state index contributed by atoms with van der Waals surface area (Å²) in [6.07, 6.45) is 9.29. The number of ether oxygens (including phenoxy) is 1. The molecule has 0 spiro atoms. The van der Waals surface area contributed by atoms with Crippen molar-refractivity contribution in [3.8, 4) is 17.7 Å². The van der Waals surface area contributed by atoms with Gasteiger partial charge in [-0.3, -0.25) is 4.79 Å². The summed E-state index contributed by atoms with van der Waals surface area (Å²) in [5, 5.41) is 10.3. The highest BCUT2D eigenvalue weighted by molar-refractivity contribution is 8.03. The molecule has 0 aromatic heterocycles. The molecule has 0 atom stereocenters. The number of terminal acetylenes is 1. The first-order valence-electron chi connectivity index (χ1n) is 4.91. The Bertz CT molecular complexity index is 252. The Hall–Kier alpha value is -1.13. The molecule has 0 amide bonds. The number of hydrogen-bond donors (Lipinski definition) is 0. The molecule has 0 N–H and O–H groups in total. The van der Waals surface area contributed by atoms with E-state index in [0.717, 1.165) is 31.4 Å². The largest absolute Gasteiger partial charge is 0.452 e. The van der Waals surface area contributed by atoms with E-state index in [0.29, 0.717) is 6.42 Å². The fraction of sp³-hybridized carbons (Fsp3) is 0.636. The van der Waals surface area contributed by atoms with Crippen LogP contribution in [0.15, 0.2) is 0 Å². The lowest BCUT2D eigenvalue weighted by Crippen LogP contribution is -2.04. The average Bonchev–Trinajstić information content (AvgIpc) is 2.25. The van der Waals surface area contributed by atoms with E-state index in [2.05, 4.69) is 5.92 Å². The zero-order valence-corrected chi connectivity index (χ0v) is 9.52. The Morgan fingerprint density at radius 2 is 2.07 bits per heavy atom. The standard InChI is InChI=1S/C11H15NO2S/c1-2-8-14-11(13)7-5-3-4-6-9-15-10-12/h1H,3-9H2. The van der Waals surface area contributed by atoms with Gasteiger partial charge in [-0.15, -0.1) is 6.42 Å². The molecule has 0 saturated carbocycles. The lowest BCUT2D eigenvalue weighted by Gasteiger charge is -2.00. The lowest BCUT2D eigenvalue weighted by atomic mass is 10.1. The molecule has 0 aliphatic carbocycles. The van der Waals surface area contributed by atoms with Crippen LogP contribution in [0.5, 0.6) is 0 Å². The number of nitrogens with zero attached hydrogens (tertiary/aromatic N) is 1. The summed E-state index contributed by atoms with van der Waals surface area (Å²) in [5.74, 6) is 2.90. The van der Waals surface area contributed by atoms with E-state index in [1.807, 2.05) is 5.40 Å². The summed E-state index contributed by atoms with van der Waals surface area (Å²) in [4.78, 5) is 11.0. The monoisotopic (exact) mass is 225 g/mol. The number of nitriles is 1. The fourth-order valence-electron chi connectivity index (χ4n) is 1.04. The first-order chi connectivity index (χ1) is 7.31. The van der Waals surface area contributed by atoms with E-state index in [1.54, 1.807) is 0 Å². The molecule has 0 saturated heterocycles. The number of thioether (sulfide) groups is 1. The van der Waals surface area contributed by atoms with E-state index in [9.17, 15) is 4.79 Å². The highest BCUT2D eigenvalue weighted by Gasteiger charge is 2.00. The van der Waals surface area contributed by atoms with Gasteiger partial charge in [0.1, 0.15) is 5.40 Å². The van der Waals surface area contributed by atoms with Crippen LogP contribution in [0.25, 0.3) is 0 Å². The number of esters is 1. The molecule has 15 heavy (non-hydrogen) atoms. The smallest absolute Gasteiger partial charge is 0.306 e. The van der Waals surface area contributed by atoms with Gasteiger partial charge in [-0.2, -0.15) is 5.26 Å². The second-order valence-corrected chi connectivity index (χ2v) is 3.85. The molecule has 0 rings (SSSR count). The predicted molar refractivity (Wildman–Crippen MR) is 60.9 cm³/mol. The van der Waals surface area contributed by atoms with Crippen molar-refractivity contribution in [3.05, 3.63) is 0 Å². The van der Waals surface area contributed by atoms with Crippen molar-refractivity contribution in [2.75, 3.05) is 12.4 Å². The summed E-state index contributed by atoms with van der Waals surface area (Å²) in [6, 6.07) is 0. The molecule has 0 aromatic rings. The first kappa shape index (κ1) is 13.9. The molecule has 0 fully saturated rings. The Morgan fingerprint density at radius 1 is 1.33 bits per heavy atom. The summed E-state index contributed by atoms with van der Waals surface area (Å²) >= 11 is 1.28. The molecule has 0 aliphatic rings. The Balaban J connectivity index is 3.14. The van der Waals surface area contributed by atoms with Gasteiger partial charge in [0.15, 0.2) is 6.61 Å². The van der Waals surface area contributed by atoms with Gasteiger partial charge in [0.25, 0.3) is 0 Å². The zero-order valence-electron chi connectivity index (χ0n) is 8.70. The molecule has 82 valence electrons. The van der Waals surface area contributed by atoms with E-state index < -0.39 is 0 Å². The van der Waals surface area contributed by atoms with Crippen LogP contribution in [-0.2, 0) is 9.53 Å². The minimum absolute atomic E-state index is 0.0671. The van der Waals surface area contributed by atoms with Gasteiger partial charge in [0.05, 0.1) is 0 Å². The minimum Gasteiger partial charge on any atom is -0.452 e. The SMILES string of the molecule is C#CCOC(=O)CCCCCCSC#N. The van der Waals surface area contributed by atoms with Gasteiger partial charge in [0.2, 0.25) is 0 Å². The van der Waals surface area contributed by atoms with Gasteiger partial charge in [-0.05, 0) is 24.6 Å². The highest BCUT2D eigenvalue weighted by Crippen LogP contribution is 2.07. The molecule has 0 aliphatic heterocycles. The second kappa shape index (κ2) is 10.9. The molecule has 0 aromatic carbocycles. The maximum Gasteiger partial charge on any atom is 0.306 e. The quantitative estimate of drug-likeness (QED) is 0.275. The van der Waals surface area contributed by atoms with Crippen molar-refractivity contribution < 1.29 is 9.53 Å². The Morgan fingerprint density at radius 3 is 2.73 bits per heavy atom. The third kappa shape index (κ3) is 10.8. The van der Waals surface area contributed by atoms with Crippen LogP contribution >= 0.6 is 11.8 Å². The topological polar surface area (TPSA) is 50.1 Å². The van der Waals surface area contributed by atoms with E-state index in [1.165, 1.54) is 11.8 Å². The third-order valence-electron chi connectivity index (χ3n) is 1.76. The van der Waals surface area contributed by atoms with E-state index in [4.69, 9.17) is 16.4 Å². The summed E-state index contributed by atoms with van der Waals surface area (Å²) in [5.41, 5.74) is 0. The Labute approximate surface area is 95.2 Å². The number of carbonyl (C=O) groups excluding carboxylic acids is 1. The molecule has 0 unspecified atom stereocenters. The molecular formula is C11H15NO2S. The van der Waals surface area contributed by atoms with Crippen LogP contribution in [0.2, 0.25) is 0 Å². The number of carbonyl (C=O) groups is 1. The minimum atomic E-state index is -0.223. The van der Waals surface area contributed by atoms with Gasteiger partial charge < -0.3 is 4.74 Å². The summed E-state index contributed by atoms with van der Waals surface area (Å²) in [6.45, 7) is 0.0671. The molecular weight excluding hydrogens is 210 g/mol. The van der Waals surface area contributed by atoms with Crippen molar-refractivity contribution in [1.82, 2.24) is 0 Å². The number of thiocyanates is 1. The second-order valence-electron chi connectivity index (χ2n) is 2.97. The fourth-order valence-corrected chi connectivity index (χ4v) is 1.48. The normalized spacial score (nSPS) is 8.93. The number of unbranched alkanes of at least 4 members (excludes halogenated alkanes) is 3. The van der Waals surface area contributed by atoms with Crippen molar-refractivity contribution in [2.24, 2.45) is 0 Å². The maximum absolute atomic E-state index is 11.0. The average molecular weight is 225 g/mol. The van der Waals surface area contributed by atoms with Gasteiger partial charge in [-0.25, -0.2) is 0 Å². The van der Waals surface area contributed by atoms with E-state index in [-0.39, 0.29) is 12.6 Å². The van der Waals surface area contributed by atoms with Gasteiger partial charge in [-0.1, -0.05) is 18.8 Å². The highest BCUT2D eigenvalue weighted by atomic mass is 32.2. The number of rotatable bonds is 8. The predicted octanol–water partition coefficient (Wildman–Crippen LogP) is 2.33. The van der Waals surface area contributed by atoms with Crippen molar-refractivity contribution >= 4 is 17.7 Å². The van der Waals surface area contributed by atoms with Crippen molar-refractivity contribution in [3.63, 3.8) is 0 Å². The van der Waals surface area contributed by atoms with Crippen LogP contribution < -0.4 is 0 Å². The lowest BCUT2D eigenvalue weighted by molar-refractivity contribution is -0.142. The first-order valence-corrected chi connectivity index (χ1v) is 5.89. The summed E-state index contributed by atoms with van der Waals surface area (Å²) in [7, 11) is 0. The van der Waals surface area contributed by atoms with Crippen molar-refractivity contribution in [2.45, 2.75) is 32.1 Å². The molecule has 4 heteroatoms. The zero-order chi connectivity index (χ0) is 11.4. The molecule has 0 heterocycles. The Kier molecular flexibility index (Phi) is 10.1. The number of hydrogen-bond acceptors (Lipinski definition) is 4. The maximum atomic E-state index is 11.0. The van der Waals surface area contributed by atoms with Gasteiger partial charge >= 0.3 is 5.97 Å². The third-order valence-corrected chi connectivity index (χ3v) is 2.38. The van der Waals surface area contributed by atoms with Crippen molar-refractivity contribution in [1.29, 1.82) is 5.26 Å². The van der Waals surface area contributed by atoms with Crippen LogP contribution in [0.3, 0.4) is 0 Å². The molecule has 0 radical (unpaired) electrons. The molecule has 0 bridgehead atoms. The van der Waals surface area contributed by atoms with Crippen LogP contribution in [0.4, 0.5) is 0 Å². The van der Waals surface area contributed by atoms with E-state index >= 15 is 0 Å². The molecule has 3 nitrogen and oxygen atoms in total. The van der Waals surface area contributed by atoms with Crippen LogP contribution in [0.1, 0.15) is 32.1 Å². The van der Waals surface area contributed by atoms with Gasteiger partial charge in [0, 0.05) is 12.2 Å². The van der Waals surface area contributed by atoms with Crippen LogP contribution in [-0.4, -0.2) is 18.3 Å². The summed E-state index contributed by atoms with van der Waals surface area (Å²) < 4.78 is 4.71.